The number of likely N-dealkylation sites (tertiary alicyclic amines) is 1. The van der Waals surface area contributed by atoms with E-state index in [0.29, 0.717) is 32.0 Å². The van der Waals surface area contributed by atoms with Gasteiger partial charge < -0.3 is 18.9 Å². The molecule has 24 heavy (non-hydrogen) atoms. The molecule has 2 fully saturated rings. The molecule has 2 saturated heterocycles. The third kappa shape index (κ3) is 2.65. The minimum Gasteiger partial charge on any atom is -0.492 e. The van der Waals surface area contributed by atoms with E-state index in [1.807, 2.05) is 19.2 Å². The van der Waals surface area contributed by atoms with E-state index in [0.717, 1.165) is 12.2 Å². The third-order valence-corrected chi connectivity index (χ3v) is 4.81. The van der Waals surface area contributed by atoms with Crippen LogP contribution >= 0.6 is 0 Å². The van der Waals surface area contributed by atoms with E-state index in [2.05, 4.69) is 9.97 Å². The van der Waals surface area contributed by atoms with Gasteiger partial charge in [-0.25, -0.2) is 4.98 Å². The molecule has 1 amide bonds. The lowest BCUT2D eigenvalue weighted by Crippen LogP contribution is -2.66. The molecule has 0 N–H and O–H groups in total. The number of hydrogen-bond acceptors (Lipinski definition) is 5. The van der Waals surface area contributed by atoms with Gasteiger partial charge >= 0.3 is 0 Å². The van der Waals surface area contributed by atoms with E-state index >= 15 is 0 Å². The van der Waals surface area contributed by atoms with E-state index in [9.17, 15) is 4.79 Å². The van der Waals surface area contributed by atoms with Crippen LogP contribution in [0.5, 0.6) is 5.75 Å². The summed E-state index contributed by atoms with van der Waals surface area (Å²) < 4.78 is 13.6. The van der Waals surface area contributed by atoms with Gasteiger partial charge in [0, 0.05) is 32.0 Å². The summed E-state index contributed by atoms with van der Waals surface area (Å²) in [6.45, 7) is 2.50. The Morgan fingerprint density at radius 2 is 2.38 bits per heavy atom. The highest BCUT2D eigenvalue weighted by Gasteiger charge is 2.55. The zero-order valence-corrected chi connectivity index (χ0v) is 13.6. The standard InChI is InChI=1S/C17H20N4O3/c1-20-8-15(19-12-20)16(22)21-10-17(11-21)13(4-6-24-17)9-23-14-3-2-5-18-7-14/h2-3,5,7-8,12-13H,4,6,9-11H2,1H3/t13-/m1/s1. The Kier molecular flexibility index (Phi) is 3.72. The number of rotatable bonds is 4. The molecule has 1 spiro atoms. The van der Waals surface area contributed by atoms with Crippen LogP contribution < -0.4 is 4.74 Å². The molecule has 4 rings (SSSR count). The van der Waals surface area contributed by atoms with Crippen molar-refractivity contribution in [3.05, 3.63) is 42.7 Å². The smallest absolute Gasteiger partial charge is 0.274 e. The van der Waals surface area contributed by atoms with Crippen LogP contribution in [0, 0.1) is 5.92 Å². The molecule has 2 aliphatic heterocycles. The highest BCUT2D eigenvalue weighted by Crippen LogP contribution is 2.40. The highest BCUT2D eigenvalue weighted by atomic mass is 16.5. The Bertz CT molecular complexity index is 724. The van der Waals surface area contributed by atoms with Crippen molar-refractivity contribution in [1.29, 1.82) is 0 Å². The number of ether oxygens (including phenoxy) is 2. The second-order valence-corrected chi connectivity index (χ2v) is 6.48. The molecule has 126 valence electrons. The molecular formula is C17H20N4O3. The van der Waals surface area contributed by atoms with Gasteiger partial charge in [-0.05, 0) is 18.6 Å². The van der Waals surface area contributed by atoms with E-state index in [4.69, 9.17) is 9.47 Å². The van der Waals surface area contributed by atoms with Crippen molar-refractivity contribution in [1.82, 2.24) is 19.4 Å². The van der Waals surface area contributed by atoms with Crippen LogP contribution in [0.25, 0.3) is 0 Å². The first-order chi connectivity index (χ1) is 11.7. The van der Waals surface area contributed by atoms with Gasteiger partial charge in [0.25, 0.3) is 5.91 Å². The van der Waals surface area contributed by atoms with Gasteiger partial charge in [0.2, 0.25) is 0 Å². The minimum atomic E-state index is -0.271. The number of nitrogens with zero attached hydrogens (tertiary/aromatic N) is 4. The van der Waals surface area contributed by atoms with Crippen molar-refractivity contribution in [2.75, 3.05) is 26.3 Å². The molecule has 2 aromatic rings. The predicted molar refractivity (Wildman–Crippen MR) is 85.6 cm³/mol. The fourth-order valence-corrected chi connectivity index (χ4v) is 3.43. The maximum absolute atomic E-state index is 12.4. The highest BCUT2D eigenvalue weighted by molar-refractivity contribution is 5.92. The van der Waals surface area contributed by atoms with Crippen molar-refractivity contribution in [2.24, 2.45) is 13.0 Å². The number of aromatic nitrogens is 3. The summed E-state index contributed by atoms with van der Waals surface area (Å²) in [6, 6.07) is 3.75. The third-order valence-electron chi connectivity index (χ3n) is 4.81. The summed E-state index contributed by atoms with van der Waals surface area (Å²) >= 11 is 0. The van der Waals surface area contributed by atoms with Crippen molar-refractivity contribution in [2.45, 2.75) is 12.0 Å². The Morgan fingerprint density at radius 3 is 3.08 bits per heavy atom. The molecule has 1 atom stereocenters. The molecule has 2 aliphatic rings. The van der Waals surface area contributed by atoms with Gasteiger partial charge in [-0.1, -0.05) is 0 Å². The van der Waals surface area contributed by atoms with Gasteiger partial charge in [-0.3, -0.25) is 9.78 Å². The van der Waals surface area contributed by atoms with Gasteiger partial charge in [0.05, 0.1) is 32.2 Å². The average Bonchev–Trinajstić information content (AvgIpc) is 3.18. The minimum absolute atomic E-state index is 0.0383. The number of carbonyl (C=O) groups excluding carboxylic acids is 1. The van der Waals surface area contributed by atoms with Crippen LogP contribution in [-0.4, -0.2) is 57.2 Å². The predicted octanol–water partition coefficient (Wildman–Crippen LogP) is 1.13. The quantitative estimate of drug-likeness (QED) is 0.841. The first kappa shape index (κ1) is 15.1. The van der Waals surface area contributed by atoms with Crippen LogP contribution in [0.3, 0.4) is 0 Å². The molecule has 0 unspecified atom stereocenters. The monoisotopic (exact) mass is 328 g/mol. The average molecular weight is 328 g/mol. The van der Waals surface area contributed by atoms with Crippen LogP contribution in [0.4, 0.5) is 0 Å². The number of pyridine rings is 1. The molecule has 2 aromatic heterocycles. The fraction of sp³-hybridized carbons (Fsp3) is 0.471. The molecule has 0 aliphatic carbocycles. The largest absolute Gasteiger partial charge is 0.492 e. The molecule has 0 saturated carbocycles. The SMILES string of the molecule is Cn1cnc(C(=O)N2CC3(C2)OCC[C@@H]3COc2cccnc2)c1. The lowest BCUT2D eigenvalue weighted by atomic mass is 9.81. The number of amides is 1. The summed E-state index contributed by atoms with van der Waals surface area (Å²) in [4.78, 5) is 22.4. The zero-order chi connectivity index (χ0) is 16.6. The van der Waals surface area contributed by atoms with Crippen molar-refractivity contribution in [3.63, 3.8) is 0 Å². The lowest BCUT2D eigenvalue weighted by molar-refractivity contribution is -0.122. The van der Waals surface area contributed by atoms with Crippen LogP contribution in [0.2, 0.25) is 0 Å². The van der Waals surface area contributed by atoms with Gasteiger partial charge in [0.15, 0.2) is 0 Å². The summed E-state index contributed by atoms with van der Waals surface area (Å²) in [6.07, 6.45) is 7.76. The number of hydrogen-bond donors (Lipinski definition) is 0. The summed E-state index contributed by atoms with van der Waals surface area (Å²) in [5.74, 6) is 1.01. The van der Waals surface area contributed by atoms with Crippen LogP contribution in [0.15, 0.2) is 37.1 Å². The van der Waals surface area contributed by atoms with E-state index in [1.54, 1.807) is 34.4 Å². The number of imidazole rings is 1. The molecule has 0 aromatic carbocycles. The molecule has 0 bridgehead atoms. The van der Waals surface area contributed by atoms with E-state index in [-0.39, 0.29) is 17.4 Å². The molecule has 7 nitrogen and oxygen atoms in total. The second-order valence-electron chi connectivity index (χ2n) is 6.48. The summed E-state index contributed by atoms with van der Waals surface area (Å²) in [7, 11) is 1.85. The first-order valence-corrected chi connectivity index (χ1v) is 8.10. The van der Waals surface area contributed by atoms with Gasteiger partial charge in [-0.15, -0.1) is 0 Å². The van der Waals surface area contributed by atoms with Crippen molar-refractivity contribution >= 4 is 5.91 Å². The molecule has 7 heteroatoms. The van der Waals surface area contributed by atoms with E-state index < -0.39 is 0 Å². The Hall–Kier alpha value is -2.41. The maximum atomic E-state index is 12.4. The lowest BCUT2D eigenvalue weighted by Gasteiger charge is -2.49. The van der Waals surface area contributed by atoms with Crippen LogP contribution in [0.1, 0.15) is 16.9 Å². The summed E-state index contributed by atoms with van der Waals surface area (Å²) in [5, 5.41) is 0. The fourth-order valence-electron chi connectivity index (χ4n) is 3.43. The maximum Gasteiger partial charge on any atom is 0.274 e. The van der Waals surface area contributed by atoms with Crippen LogP contribution in [-0.2, 0) is 11.8 Å². The second kappa shape index (κ2) is 5.90. The Balaban J connectivity index is 1.36. The molecular weight excluding hydrogens is 308 g/mol. The number of aryl methyl sites for hydroxylation is 1. The number of carbonyl (C=O) groups is 1. The normalized spacial score (nSPS) is 21.7. The zero-order valence-electron chi connectivity index (χ0n) is 13.6. The Morgan fingerprint density at radius 1 is 1.50 bits per heavy atom. The topological polar surface area (TPSA) is 69.5 Å². The molecule has 4 heterocycles. The molecule has 0 radical (unpaired) electrons. The summed E-state index contributed by atoms with van der Waals surface area (Å²) in [5.41, 5.74) is 0.209. The van der Waals surface area contributed by atoms with Crippen molar-refractivity contribution < 1.29 is 14.3 Å². The van der Waals surface area contributed by atoms with E-state index in [1.165, 1.54) is 0 Å². The Labute approximate surface area is 140 Å². The van der Waals surface area contributed by atoms with Crippen molar-refractivity contribution in [3.8, 4) is 5.75 Å². The van der Waals surface area contributed by atoms with Gasteiger partial charge in [-0.2, -0.15) is 0 Å². The first-order valence-electron chi connectivity index (χ1n) is 8.10. The van der Waals surface area contributed by atoms with Gasteiger partial charge in [0.1, 0.15) is 17.0 Å².